The number of benzene rings is 1. The minimum Gasteiger partial charge on any atom is -0.397 e. The van der Waals surface area contributed by atoms with E-state index in [1.165, 1.54) is 28.4 Å². The molecule has 6 heteroatoms. The summed E-state index contributed by atoms with van der Waals surface area (Å²) < 4.78 is 12.9. The maximum atomic E-state index is 12.9. The highest BCUT2D eigenvalue weighted by molar-refractivity contribution is 7.18. The maximum Gasteiger partial charge on any atom is 0.265 e. The molecule has 2 rings (SSSR count). The molecule has 112 valence electrons. The number of amides is 1. The van der Waals surface area contributed by atoms with Gasteiger partial charge in [0.1, 0.15) is 10.7 Å². The molecule has 4 nitrogen and oxygen atoms in total. The zero-order chi connectivity index (χ0) is 15.6. The van der Waals surface area contributed by atoms with E-state index >= 15 is 0 Å². The molecule has 1 aromatic carbocycles. The van der Waals surface area contributed by atoms with Crippen molar-refractivity contribution in [3.8, 4) is 0 Å². The second-order valence-electron chi connectivity index (χ2n) is 5.05. The summed E-state index contributed by atoms with van der Waals surface area (Å²) in [6, 6.07) is 8.16. The molecule has 0 unspecified atom stereocenters. The number of rotatable bonds is 4. The van der Waals surface area contributed by atoms with E-state index in [-0.39, 0.29) is 11.7 Å². The summed E-state index contributed by atoms with van der Waals surface area (Å²) in [5.41, 5.74) is 7.40. The van der Waals surface area contributed by atoms with Gasteiger partial charge in [-0.3, -0.25) is 4.79 Å². The fraction of sp³-hybridized carbons (Fsp3) is 0.267. The zero-order valence-corrected chi connectivity index (χ0v) is 13.1. The summed E-state index contributed by atoms with van der Waals surface area (Å²) in [7, 11) is 5.31. The van der Waals surface area contributed by atoms with Gasteiger partial charge in [-0.2, -0.15) is 0 Å². The van der Waals surface area contributed by atoms with Gasteiger partial charge in [-0.1, -0.05) is 12.1 Å². The Hall–Kier alpha value is -2.08. The molecule has 0 aliphatic heterocycles. The molecule has 0 atom stereocenters. The lowest BCUT2D eigenvalue weighted by Crippen LogP contribution is -2.21. The first-order chi connectivity index (χ1) is 9.88. The van der Waals surface area contributed by atoms with Crippen LogP contribution in [-0.2, 0) is 6.54 Å². The van der Waals surface area contributed by atoms with E-state index in [0.29, 0.717) is 17.1 Å². The van der Waals surface area contributed by atoms with Gasteiger partial charge in [0, 0.05) is 27.7 Å². The first-order valence-electron chi connectivity index (χ1n) is 6.45. The third-order valence-electron chi connectivity index (χ3n) is 3.06. The van der Waals surface area contributed by atoms with Crippen molar-refractivity contribution in [2.75, 3.05) is 31.8 Å². The minimum atomic E-state index is -0.249. The molecule has 1 heterocycles. The van der Waals surface area contributed by atoms with Crippen molar-refractivity contribution in [3.63, 3.8) is 0 Å². The van der Waals surface area contributed by atoms with Crippen LogP contribution in [0.5, 0.6) is 0 Å². The molecule has 0 bridgehead atoms. The lowest BCUT2D eigenvalue weighted by molar-refractivity contribution is 0.0833. The van der Waals surface area contributed by atoms with Crippen LogP contribution < -0.4 is 10.6 Å². The van der Waals surface area contributed by atoms with E-state index in [0.717, 1.165) is 10.6 Å². The van der Waals surface area contributed by atoms with Gasteiger partial charge in [-0.15, -0.1) is 11.3 Å². The van der Waals surface area contributed by atoms with Crippen molar-refractivity contribution in [1.29, 1.82) is 0 Å². The predicted octanol–water partition coefficient (Wildman–Crippen LogP) is 2.81. The number of nitrogens with zero attached hydrogens (tertiary/aromatic N) is 2. The van der Waals surface area contributed by atoms with Crippen LogP contribution in [0.1, 0.15) is 15.2 Å². The SMILES string of the molecule is CN(C)C(=O)c1sc(N(C)Cc2ccc(F)cc2)cc1N. The van der Waals surface area contributed by atoms with Crippen LogP contribution in [0.2, 0.25) is 0 Å². The van der Waals surface area contributed by atoms with E-state index in [4.69, 9.17) is 5.73 Å². The van der Waals surface area contributed by atoms with Gasteiger partial charge >= 0.3 is 0 Å². The average Bonchev–Trinajstić information content (AvgIpc) is 2.82. The molecule has 0 aliphatic rings. The Balaban J connectivity index is 2.16. The maximum absolute atomic E-state index is 12.9. The number of nitrogen functional groups attached to an aromatic ring is 1. The van der Waals surface area contributed by atoms with Crippen LogP contribution >= 0.6 is 11.3 Å². The number of halogens is 1. The Labute approximate surface area is 127 Å². The van der Waals surface area contributed by atoms with Crippen molar-refractivity contribution in [3.05, 3.63) is 46.6 Å². The van der Waals surface area contributed by atoms with E-state index in [2.05, 4.69) is 0 Å². The Kier molecular flexibility index (Phi) is 4.47. The Morgan fingerprint density at radius 1 is 1.24 bits per heavy atom. The van der Waals surface area contributed by atoms with Crippen molar-refractivity contribution >= 4 is 27.9 Å². The van der Waals surface area contributed by atoms with Gasteiger partial charge in [-0.25, -0.2) is 4.39 Å². The number of carbonyl (C=O) groups excluding carboxylic acids is 1. The van der Waals surface area contributed by atoms with Crippen molar-refractivity contribution in [2.45, 2.75) is 6.54 Å². The molecule has 1 amide bonds. The topological polar surface area (TPSA) is 49.6 Å². The molecule has 2 aromatic rings. The lowest BCUT2D eigenvalue weighted by atomic mass is 10.2. The minimum absolute atomic E-state index is 0.0982. The second kappa shape index (κ2) is 6.13. The van der Waals surface area contributed by atoms with Gasteiger partial charge in [0.15, 0.2) is 0 Å². The molecule has 0 aliphatic carbocycles. The summed E-state index contributed by atoms with van der Waals surface area (Å²) >= 11 is 1.36. The second-order valence-corrected chi connectivity index (χ2v) is 6.08. The predicted molar refractivity (Wildman–Crippen MR) is 85.3 cm³/mol. The van der Waals surface area contributed by atoms with Gasteiger partial charge in [0.2, 0.25) is 0 Å². The lowest BCUT2D eigenvalue weighted by Gasteiger charge is -2.17. The molecule has 0 saturated carbocycles. The Bertz CT molecular complexity index is 637. The molecule has 21 heavy (non-hydrogen) atoms. The fourth-order valence-electron chi connectivity index (χ4n) is 1.89. The monoisotopic (exact) mass is 307 g/mol. The third kappa shape index (κ3) is 3.52. The largest absolute Gasteiger partial charge is 0.397 e. The van der Waals surface area contributed by atoms with E-state index < -0.39 is 0 Å². The standard InChI is InChI=1S/C15H18FN3OS/c1-18(2)15(20)14-12(17)8-13(21-14)19(3)9-10-4-6-11(16)7-5-10/h4-8H,9,17H2,1-3H3. The Morgan fingerprint density at radius 2 is 1.86 bits per heavy atom. The van der Waals surface area contributed by atoms with Gasteiger partial charge in [-0.05, 0) is 23.8 Å². The number of nitrogens with two attached hydrogens (primary N) is 1. The average molecular weight is 307 g/mol. The van der Waals surface area contributed by atoms with Gasteiger partial charge < -0.3 is 15.5 Å². The normalized spacial score (nSPS) is 10.5. The van der Waals surface area contributed by atoms with Crippen molar-refractivity contribution in [2.24, 2.45) is 0 Å². The van der Waals surface area contributed by atoms with Crippen LogP contribution in [0.15, 0.2) is 30.3 Å². The summed E-state index contributed by atoms with van der Waals surface area (Å²) in [6.07, 6.45) is 0. The number of hydrogen-bond acceptors (Lipinski definition) is 4. The number of carbonyl (C=O) groups is 1. The molecule has 0 radical (unpaired) electrons. The number of thiophene rings is 1. The smallest absolute Gasteiger partial charge is 0.265 e. The van der Waals surface area contributed by atoms with E-state index in [1.54, 1.807) is 32.3 Å². The number of hydrogen-bond donors (Lipinski definition) is 1. The van der Waals surface area contributed by atoms with Crippen molar-refractivity contribution < 1.29 is 9.18 Å². The van der Waals surface area contributed by atoms with E-state index in [9.17, 15) is 9.18 Å². The summed E-state index contributed by atoms with van der Waals surface area (Å²) in [5, 5.41) is 0.905. The molecule has 1 aromatic heterocycles. The van der Waals surface area contributed by atoms with E-state index in [1.807, 2.05) is 11.9 Å². The van der Waals surface area contributed by atoms with Gasteiger partial charge in [0.05, 0.1) is 10.7 Å². The molecule has 0 fully saturated rings. The van der Waals surface area contributed by atoms with Crippen LogP contribution in [0.25, 0.3) is 0 Å². The van der Waals surface area contributed by atoms with Crippen LogP contribution in [0.3, 0.4) is 0 Å². The highest BCUT2D eigenvalue weighted by atomic mass is 32.1. The highest BCUT2D eigenvalue weighted by Gasteiger charge is 2.17. The molecule has 0 saturated heterocycles. The molecular formula is C15H18FN3OS. The molecular weight excluding hydrogens is 289 g/mol. The van der Waals surface area contributed by atoms with Crippen LogP contribution in [-0.4, -0.2) is 32.0 Å². The quantitative estimate of drug-likeness (QED) is 0.945. The first kappa shape index (κ1) is 15.3. The van der Waals surface area contributed by atoms with Crippen LogP contribution in [0, 0.1) is 5.82 Å². The third-order valence-corrected chi connectivity index (χ3v) is 4.31. The summed E-state index contributed by atoms with van der Waals surface area (Å²) in [4.78, 5) is 16.0. The fourth-order valence-corrected chi connectivity index (χ4v) is 2.95. The van der Waals surface area contributed by atoms with Crippen molar-refractivity contribution in [1.82, 2.24) is 4.90 Å². The number of anilines is 2. The summed E-state index contributed by atoms with van der Waals surface area (Å²) in [5.74, 6) is -0.348. The molecule has 2 N–H and O–H groups in total. The van der Waals surface area contributed by atoms with Gasteiger partial charge in [0.25, 0.3) is 5.91 Å². The zero-order valence-electron chi connectivity index (χ0n) is 12.3. The summed E-state index contributed by atoms with van der Waals surface area (Å²) in [6.45, 7) is 0.621. The van der Waals surface area contributed by atoms with Crippen LogP contribution in [0.4, 0.5) is 15.1 Å². The Morgan fingerprint density at radius 3 is 2.43 bits per heavy atom. The first-order valence-corrected chi connectivity index (χ1v) is 7.26. The highest BCUT2D eigenvalue weighted by Crippen LogP contribution is 2.32. The molecule has 0 spiro atoms.